The van der Waals surface area contributed by atoms with Gasteiger partial charge in [0, 0.05) is 24.8 Å². The van der Waals surface area contributed by atoms with E-state index in [4.69, 9.17) is 9.72 Å². The lowest BCUT2D eigenvalue weighted by Crippen LogP contribution is -2.32. The molecule has 0 saturated heterocycles. The normalized spacial score (nSPS) is 11.1. The molecule has 0 aliphatic heterocycles. The second-order valence-electron chi connectivity index (χ2n) is 7.59. The second-order valence-corrected chi connectivity index (χ2v) is 8.57. The summed E-state index contributed by atoms with van der Waals surface area (Å²) < 4.78 is 6.44. The summed E-state index contributed by atoms with van der Waals surface area (Å²) in [7, 11) is 5.59. The molecule has 3 rings (SSSR count). The van der Waals surface area contributed by atoms with Crippen molar-refractivity contribution in [2.45, 2.75) is 13.3 Å². The number of aromatic nitrogens is 1. The van der Waals surface area contributed by atoms with Gasteiger partial charge < -0.3 is 9.64 Å². The van der Waals surface area contributed by atoms with E-state index in [-0.39, 0.29) is 24.0 Å². The minimum Gasteiger partial charge on any atom is -0.494 e. The van der Waals surface area contributed by atoms with Crippen molar-refractivity contribution in [3.63, 3.8) is 0 Å². The number of benzene rings is 2. The molecule has 0 aliphatic rings. The summed E-state index contributed by atoms with van der Waals surface area (Å²) in [5.41, 5.74) is 2.54. The molecule has 3 aromatic rings. The van der Waals surface area contributed by atoms with Gasteiger partial charge in [-0.05, 0) is 69.4 Å². The Morgan fingerprint density at radius 2 is 1.88 bits per heavy atom. The van der Waals surface area contributed by atoms with Gasteiger partial charge in [-0.2, -0.15) is 0 Å². The molecule has 0 unspecified atom stereocenters. The predicted octanol–water partition coefficient (Wildman–Crippen LogP) is 4.94. The van der Waals surface area contributed by atoms with Crippen molar-refractivity contribution >= 4 is 56.8 Å². The Morgan fingerprint density at radius 1 is 1.18 bits per heavy atom. The SMILES string of the molecule is COc1ccc(C)c2sc(N(CCCN(C)C)C(=O)C=Cc3ccc([N+](=O)[O-])cc3)nc12.Cl. The topological polar surface area (TPSA) is 88.8 Å². The number of non-ortho nitro benzene ring substituents is 1. The molecule has 1 heterocycles. The number of aryl methyl sites for hydroxylation is 1. The average molecular weight is 491 g/mol. The van der Waals surface area contributed by atoms with Crippen LogP contribution < -0.4 is 9.64 Å². The molecule has 0 bridgehead atoms. The van der Waals surface area contributed by atoms with E-state index in [0.29, 0.717) is 23.0 Å². The van der Waals surface area contributed by atoms with Gasteiger partial charge in [0.15, 0.2) is 5.13 Å². The first kappa shape index (κ1) is 26.2. The fourth-order valence-corrected chi connectivity index (χ4v) is 4.27. The van der Waals surface area contributed by atoms with Crippen LogP contribution in [0.4, 0.5) is 10.8 Å². The number of hydrogen-bond acceptors (Lipinski definition) is 7. The van der Waals surface area contributed by atoms with Gasteiger partial charge in [0.1, 0.15) is 11.3 Å². The quantitative estimate of drug-likeness (QED) is 0.240. The molecule has 176 valence electrons. The number of amides is 1. The van der Waals surface area contributed by atoms with Crippen LogP contribution in [-0.4, -0.2) is 55.0 Å². The summed E-state index contributed by atoms with van der Waals surface area (Å²) in [6.07, 6.45) is 3.92. The number of nitrogens with zero attached hydrogens (tertiary/aromatic N) is 4. The van der Waals surface area contributed by atoms with Crippen molar-refractivity contribution < 1.29 is 14.5 Å². The van der Waals surface area contributed by atoms with Gasteiger partial charge in [-0.3, -0.25) is 19.8 Å². The van der Waals surface area contributed by atoms with Crippen molar-refractivity contribution in [1.82, 2.24) is 9.88 Å². The lowest BCUT2D eigenvalue weighted by atomic mass is 10.2. The monoisotopic (exact) mass is 490 g/mol. The van der Waals surface area contributed by atoms with Crippen molar-refractivity contribution in [3.05, 3.63) is 63.7 Å². The van der Waals surface area contributed by atoms with Gasteiger partial charge in [0.2, 0.25) is 0 Å². The molecular formula is C23H27ClN4O4S. The molecule has 2 aromatic carbocycles. The number of ether oxygens (including phenoxy) is 1. The first-order valence-electron chi connectivity index (χ1n) is 10.1. The summed E-state index contributed by atoms with van der Waals surface area (Å²) in [5.74, 6) is 0.480. The smallest absolute Gasteiger partial charge is 0.269 e. The van der Waals surface area contributed by atoms with Gasteiger partial charge in [-0.15, -0.1) is 12.4 Å². The van der Waals surface area contributed by atoms with E-state index in [2.05, 4.69) is 4.90 Å². The molecule has 0 spiro atoms. The van der Waals surface area contributed by atoms with Crippen LogP contribution in [0.3, 0.4) is 0 Å². The summed E-state index contributed by atoms with van der Waals surface area (Å²) in [6, 6.07) is 9.93. The zero-order valence-electron chi connectivity index (χ0n) is 19.0. The van der Waals surface area contributed by atoms with Gasteiger partial charge in [0.05, 0.1) is 16.7 Å². The second kappa shape index (κ2) is 11.7. The third-order valence-electron chi connectivity index (χ3n) is 4.92. The van der Waals surface area contributed by atoms with Crippen molar-refractivity contribution in [1.29, 1.82) is 0 Å². The third-order valence-corrected chi connectivity index (χ3v) is 6.13. The zero-order chi connectivity index (χ0) is 23.3. The van der Waals surface area contributed by atoms with Gasteiger partial charge in [-0.25, -0.2) is 4.98 Å². The van der Waals surface area contributed by atoms with Crippen LogP contribution in [0.1, 0.15) is 17.5 Å². The number of methoxy groups -OCH3 is 1. The molecule has 0 aliphatic carbocycles. The summed E-state index contributed by atoms with van der Waals surface area (Å²) in [5, 5.41) is 11.4. The maximum Gasteiger partial charge on any atom is 0.269 e. The highest BCUT2D eigenvalue weighted by atomic mass is 35.5. The molecule has 33 heavy (non-hydrogen) atoms. The summed E-state index contributed by atoms with van der Waals surface area (Å²) >= 11 is 1.47. The highest BCUT2D eigenvalue weighted by Crippen LogP contribution is 2.36. The Labute approximate surface area is 203 Å². The summed E-state index contributed by atoms with van der Waals surface area (Å²) in [4.78, 5) is 32.0. The highest BCUT2D eigenvalue weighted by Gasteiger charge is 2.20. The molecule has 10 heteroatoms. The van der Waals surface area contributed by atoms with E-state index in [1.165, 1.54) is 29.5 Å². The summed E-state index contributed by atoms with van der Waals surface area (Å²) in [6.45, 7) is 3.36. The Morgan fingerprint density at radius 3 is 2.48 bits per heavy atom. The first-order valence-corrected chi connectivity index (χ1v) is 10.9. The standard InChI is InChI=1S/C23H26N4O4S.ClH/c1-16-6-12-19(31-4)21-22(16)32-23(24-21)26(15-5-14-25(2)3)20(28)13-9-17-7-10-18(11-8-17)27(29)30;/h6-13H,5,14-15H2,1-4H3;1H. The number of anilines is 1. The molecule has 1 amide bonds. The minimum absolute atomic E-state index is 0. The number of thiazole rings is 1. The fraction of sp³-hybridized carbons (Fsp3) is 0.304. The van der Waals surface area contributed by atoms with Crippen molar-refractivity contribution in [3.8, 4) is 5.75 Å². The molecule has 1 aromatic heterocycles. The van der Waals surface area contributed by atoms with E-state index in [0.717, 1.165) is 28.7 Å². The Hall–Kier alpha value is -3.01. The lowest BCUT2D eigenvalue weighted by molar-refractivity contribution is -0.384. The van der Waals surface area contributed by atoms with Crippen LogP contribution >= 0.6 is 23.7 Å². The Kier molecular flexibility index (Phi) is 9.33. The van der Waals surface area contributed by atoms with Gasteiger partial charge in [-0.1, -0.05) is 17.4 Å². The van der Waals surface area contributed by atoms with Crippen LogP contribution in [0.15, 0.2) is 42.5 Å². The van der Waals surface area contributed by atoms with Crippen LogP contribution in [0.2, 0.25) is 0 Å². The van der Waals surface area contributed by atoms with E-state index < -0.39 is 4.92 Å². The molecule has 8 nitrogen and oxygen atoms in total. The fourth-order valence-electron chi connectivity index (χ4n) is 3.19. The average Bonchev–Trinajstić information content (AvgIpc) is 3.21. The maximum atomic E-state index is 13.1. The number of nitro benzene ring substituents is 1. The van der Waals surface area contributed by atoms with Crippen LogP contribution in [0, 0.1) is 17.0 Å². The van der Waals surface area contributed by atoms with E-state index in [1.807, 2.05) is 33.2 Å². The van der Waals surface area contributed by atoms with Crippen molar-refractivity contribution in [2.24, 2.45) is 0 Å². The molecule has 0 atom stereocenters. The minimum atomic E-state index is -0.450. The molecule has 0 fully saturated rings. The van der Waals surface area contributed by atoms with E-state index in [9.17, 15) is 14.9 Å². The van der Waals surface area contributed by atoms with Crippen LogP contribution in [-0.2, 0) is 4.79 Å². The molecule has 0 saturated carbocycles. The third kappa shape index (κ3) is 6.50. The largest absolute Gasteiger partial charge is 0.494 e. The number of fused-ring (bicyclic) bond motifs is 1. The van der Waals surface area contributed by atoms with Gasteiger partial charge >= 0.3 is 0 Å². The van der Waals surface area contributed by atoms with Crippen LogP contribution in [0.25, 0.3) is 16.3 Å². The van der Waals surface area contributed by atoms with Gasteiger partial charge in [0.25, 0.3) is 11.6 Å². The first-order chi connectivity index (χ1) is 15.3. The van der Waals surface area contributed by atoms with Crippen molar-refractivity contribution in [2.75, 3.05) is 39.2 Å². The number of nitro groups is 1. The number of rotatable bonds is 9. The molecule has 0 N–H and O–H groups in total. The van der Waals surface area contributed by atoms with Crippen LogP contribution in [0.5, 0.6) is 5.75 Å². The zero-order valence-corrected chi connectivity index (χ0v) is 20.6. The number of carbonyl (C=O) groups excluding carboxylic acids is 1. The maximum absolute atomic E-state index is 13.1. The molecular weight excluding hydrogens is 464 g/mol. The van der Waals surface area contributed by atoms with E-state index >= 15 is 0 Å². The number of halogens is 1. The molecule has 0 radical (unpaired) electrons. The number of carbonyl (C=O) groups is 1. The highest BCUT2D eigenvalue weighted by molar-refractivity contribution is 7.22. The lowest BCUT2D eigenvalue weighted by Gasteiger charge is -2.19. The predicted molar refractivity (Wildman–Crippen MR) is 136 cm³/mol. The number of hydrogen-bond donors (Lipinski definition) is 0. The Bertz CT molecular complexity index is 1150. The van der Waals surface area contributed by atoms with E-state index in [1.54, 1.807) is 30.2 Å². The Balaban J connectivity index is 0.00000385.